The number of halogens is 1. The minimum atomic E-state index is 0. The van der Waals surface area contributed by atoms with E-state index in [1.807, 2.05) is 0 Å². The molecule has 0 spiro atoms. The maximum atomic E-state index is 2.41. The van der Waals surface area contributed by atoms with Crippen LogP contribution >= 0.6 is 0 Å². The first kappa shape index (κ1) is 12.4. The van der Waals surface area contributed by atoms with Gasteiger partial charge in [0.2, 0.25) is 5.69 Å². The summed E-state index contributed by atoms with van der Waals surface area (Å²) in [5, 5.41) is 0. The van der Waals surface area contributed by atoms with Crippen LogP contribution in [0.15, 0.2) is 24.3 Å². The zero-order valence-electron chi connectivity index (χ0n) is 9.25. The Morgan fingerprint density at radius 3 is 2.80 bits per heavy atom. The predicted molar refractivity (Wildman–Crippen MR) is 60.5 cm³/mol. The highest BCUT2D eigenvalue weighted by Crippen LogP contribution is 2.23. The summed E-state index contributed by atoms with van der Waals surface area (Å²) in [6, 6.07) is 8.71. The first-order valence-corrected chi connectivity index (χ1v) is 5.59. The Kier molecular flexibility index (Phi) is 5.03. The van der Waals surface area contributed by atoms with Crippen LogP contribution in [0, 0.1) is 0 Å². The van der Waals surface area contributed by atoms with Crippen LogP contribution in [-0.4, -0.2) is 17.3 Å². The van der Waals surface area contributed by atoms with Crippen molar-refractivity contribution in [3.05, 3.63) is 29.8 Å². The summed E-state index contributed by atoms with van der Waals surface area (Å²) in [6.45, 7) is 3.44. The second-order valence-electron chi connectivity index (χ2n) is 3.92. The van der Waals surface area contributed by atoms with E-state index >= 15 is 0 Å². The van der Waals surface area contributed by atoms with Crippen molar-refractivity contribution in [3.8, 4) is 0 Å². The summed E-state index contributed by atoms with van der Waals surface area (Å²) >= 11 is 0. The first-order chi connectivity index (χ1) is 6.92. The highest BCUT2D eigenvalue weighted by molar-refractivity contribution is 5.66. The number of fused-ring (bicyclic) bond motifs is 1. The third-order valence-electron chi connectivity index (χ3n) is 2.84. The quantitative estimate of drug-likeness (QED) is 0.540. The highest BCUT2D eigenvalue weighted by Gasteiger charge is 2.19. The van der Waals surface area contributed by atoms with Gasteiger partial charge in [0.1, 0.15) is 12.8 Å². The Balaban J connectivity index is 0.00000112. The molecule has 0 aromatic heterocycles. The summed E-state index contributed by atoms with van der Waals surface area (Å²) in [5.41, 5.74) is 2.90. The van der Waals surface area contributed by atoms with Gasteiger partial charge in [0, 0.05) is 18.1 Å². The summed E-state index contributed by atoms with van der Waals surface area (Å²) < 4.78 is 2.41. The molecule has 82 valence electrons. The molecule has 2 heteroatoms. The largest absolute Gasteiger partial charge is 1.00 e. The number of unbranched alkanes of at least 4 members (excludes halogenated alkanes) is 2. The van der Waals surface area contributed by atoms with E-state index in [0.29, 0.717) is 0 Å². The molecule has 0 aliphatic carbocycles. The zero-order valence-corrected chi connectivity index (χ0v) is 10.8. The standard InChI is InChI=1S/C13H18N.BrH/c1-2-3-6-10-14-11-9-12-7-4-5-8-13(12)14;/h4-5,7-8,11H,2-3,6,9-10H2,1H3;1H/q+1;/p-1. The van der Waals surface area contributed by atoms with Crippen LogP contribution in [0.25, 0.3) is 0 Å². The molecule has 0 unspecified atom stereocenters. The molecule has 1 aromatic rings. The van der Waals surface area contributed by atoms with Crippen molar-refractivity contribution in [2.45, 2.75) is 32.6 Å². The summed E-state index contributed by atoms with van der Waals surface area (Å²) in [4.78, 5) is 0. The van der Waals surface area contributed by atoms with Gasteiger partial charge >= 0.3 is 0 Å². The second kappa shape index (κ2) is 6.06. The molecule has 15 heavy (non-hydrogen) atoms. The number of hydrogen-bond acceptors (Lipinski definition) is 0. The van der Waals surface area contributed by atoms with Gasteiger partial charge < -0.3 is 17.0 Å². The molecule has 0 saturated heterocycles. The molecule has 1 nitrogen and oxygen atoms in total. The number of benzene rings is 1. The van der Waals surface area contributed by atoms with E-state index in [1.165, 1.54) is 37.1 Å². The monoisotopic (exact) mass is 267 g/mol. The first-order valence-electron chi connectivity index (χ1n) is 5.59. The van der Waals surface area contributed by atoms with Crippen LogP contribution in [0.1, 0.15) is 31.7 Å². The number of nitrogens with zero attached hydrogens (tertiary/aromatic N) is 1. The zero-order chi connectivity index (χ0) is 9.80. The maximum absolute atomic E-state index is 2.41. The third-order valence-corrected chi connectivity index (χ3v) is 2.84. The number of para-hydroxylation sites is 1. The Morgan fingerprint density at radius 2 is 2.00 bits per heavy atom. The van der Waals surface area contributed by atoms with E-state index in [4.69, 9.17) is 0 Å². The molecule has 0 fully saturated rings. The molecule has 0 radical (unpaired) electrons. The normalized spacial score (nSPS) is 13.0. The molecule has 0 amide bonds. The van der Waals surface area contributed by atoms with Gasteiger partial charge in [-0.2, -0.15) is 0 Å². The Hall–Kier alpha value is -0.630. The SMILES string of the molecule is CCCCC[N+]1=CCc2ccccc21.[Br-]. The highest BCUT2D eigenvalue weighted by atomic mass is 79.9. The molecular formula is C13H18BrN. The molecule has 1 aromatic carbocycles. The van der Waals surface area contributed by atoms with Crippen molar-refractivity contribution < 1.29 is 21.6 Å². The van der Waals surface area contributed by atoms with Crippen molar-refractivity contribution in [3.63, 3.8) is 0 Å². The van der Waals surface area contributed by atoms with Crippen LogP contribution < -0.4 is 17.0 Å². The fourth-order valence-electron chi connectivity index (χ4n) is 2.01. The van der Waals surface area contributed by atoms with Crippen LogP contribution in [-0.2, 0) is 6.42 Å². The van der Waals surface area contributed by atoms with Gasteiger partial charge in [-0.05, 0) is 6.42 Å². The summed E-state index contributed by atoms with van der Waals surface area (Å²) in [7, 11) is 0. The summed E-state index contributed by atoms with van der Waals surface area (Å²) in [5.74, 6) is 0. The number of hydrogen-bond donors (Lipinski definition) is 0. The lowest BCUT2D eigenvalue weighted by Crippen LogP contribution is -3.00. The van der Waals surface area contributed by atoms with Gasteiger partial charge in [0.25, 0.3) is 0 Å². The average molecular weight is 268 g/mol. The Labute approximate surface area is 103 Å². The van der Waals surface area contributed by atoms with E-state index in [9.17, 15) is 0 Å². The van der Waals surface area contributed by atoms with Gasteiger partial charge in [-0.1, -0.05) is 31.5 Å². The topological polar surface area (TPSA) is 3.01 Å². The molecule has 0 N–H and O–H groups in total. The fraction of sp³-hybridized carbons (Fsp3) is 0.462. The lowest BCUT2D eigenvalue weighted by atomic mass is 10.1. The van der Waals surface area contributed by atoms with Gasteiger partial charge in [-0.3, -0.25) is 0 Å². The molecule has 0 bridgehead atoms. The fourth-order valence-corrected chi connectivity index (χ4v) is 2.01. The van der Waals surface area contributed by atoms with Gasteiger partial charge in [0.05, 0.1) is 6.42 Å². The second-order valence-corrected chi connectivity index (χ2v) is 3.92. The van der Waals surface area contributed by atoms with Crippen LogP contribution in [0.4, 0.5) is 5.69 Å². The Morgan fingerprint density at radius 1 is 1.20 bits per heavy atom. The molecule has 0 saturated carbocycles. The molecule has 1 aliphatic heterocycles. The molecular weight excluding hydrogens is 250 g/mol. The molecule has 1 aliphatic rings. The number of rotatable bonds is 4. The van der Waals surface area contributed by atoms with E-state index in [2.05, 4.69) is 42.0 Å². The van der Waals surface area contributed by atoms with Crippen molar-refractivity contribution >= 4 is 11.9 Å². The minimum Gasteiger partial charge on any atom is -1.00 e. The van der Waals surface area contributed by atoms with Crippen molar-refractivity contribution in [1.82, 2.24) is 0 Å². The summed E-state index contributed by atoms with van der Waals surface area (Å²) in [6.07, 6.45) is 7.38. The Bertz CT molecular complexity index is 344. The van der Waals surface area contributed by atoms with Gasteiger partial charge in [0.15, 0.2) is 0 Å². The van der Waals surface area contributed by atoms with Crippen LogP contribution in [0.5, 0.6) is 0 Å². The molecule has 2 rings (SSSR count). The maximum Gasteiger partial charge on any atom is 0.208 e. The van der Waals surface area contributed by atoms with Crippen molar-refractivity contribution in [2.24, 2.45) is 0 Å². The lowest BCUT2D eigenvalue weighted by molar-refractivity contribution is -0.433. The smallest absolute Gasteiger partial charge is 0.208 e. The van der Waals surface area contributed by atoms with E-state index < -0.39 is 0 Å². The van der Waals surface area contributed by atoms with Gasteiger partial charge in [-0.15, -0.1) is 0 Å². The van der Waals surface area contributed by atoms with Crippen molar-refractivity contribution in [2.75, 3.05) is 6.54 Å². The van der Waals surface area contributed by atoms with Crippen LogP contribution in [0.3, 0.4) is 0 Å². The minimum absolute atomic E-state index is 0. The van der Waals surface area contributed by atoms with Crippen molar-refractivity contribution in [1.29, 1.82) is 0 Å². The lowest BCUT2D eigenvalue weighted by Gasteiger charge is -1.99. The van der Waals surface area contributed by atoms with E-state index in [0.717, 1.165) is 6.42 Å². The average Bonchev–Trinajstić information content (AvgIpc) is 2.63. The predicted octanol–water partition coefficient (Wildman–Crippen LogP) is 0.152. The third kappa shape index (κ3) is 2.91. The van der Waals surface area contributed by atoms with E-state index in [-0.39, 0.29) is 17.0 Å². The molecule has 1 heterocycles. The van der Waals surface area contributed by atoms with Crippen LogP contribution in [0.2, 0.25) is 0 Å². The van der Waals surface area contributed by atoms with E-state index in [1.54, 1.807) is 0 Å². The molecule has 0 atom stereocenters. The van der Waals surface area contributed by atoms with Gasteiger partial charge in [-0.25, -0.2) is 4.58 Å².